The first-order valence-corrected chi connectivity index (χ1v) is 6.27. The lowest BCUT2D eigenvalue weighted by Gasteiger charge is -2.30. The highest BCUT2D eigenvalue weighted by Crippen LogP contribution is 2.13. The van der Waals surface area contributed by atoms with Crippen molar-refractivity contribution >= 4 is 10.0 Å². The monoisotopic (exact) mass is 230 g/mol. The fraction of sp³-hybridized carbons (Fsp3) is 0.625. The van der Waals surface area contributed by atoms with E-state index in [1.54, 1.807) is 0 Å². The first-order valence-electron chi connectivity index (χ1n) is 4.83. The molecule has 1 fully saturated rings. The van der Waals surface area contributed by atoms with Crippen LogP contribution >= 0.6 is 0 Å². The van der Waals surface area contributed by atoms with Gasteiger partial charge < -0.3 is 5.32 Å². The number of piperazine rings is 1. The third-order valence-electron chi connectivity index (χ3n) is 2.42. The van der Waals surface area contributed by atoms with Crippen LogP contribution in [0.4, 0.5) is 0 Å². The molecule has 2 rings (SSSR count). The molecule has 6 nitrogen and oxygen atoms in total. The number of hydrogen-bond donors (Lipinski definition) is 2. The van der Waals surface area contributed by atoms with Gasteiger partial charge in [0.15, 0.2) is 5.03 Å². The van der Waals surface area contributed by atoms with Gasteiger partial charge in [0.25, 0.3) is 10.0 Å². The van der Waals surface area contributed by atoms with Gasteiger partial charge in [-0.15, -0.1) is 0 Å². The lowest BCUT2D eigenvalue weighted by atomic mass is 10.3. The van der Waals surface area contributed by atoms with E-state index >= 15 is 0 Å². The topological polar surface area (TPSA) is 78.1 Å². The summed E-state index contributed by atoms with van der Waals surface area (Å²) in [5.74, 6) is 0. The molecular formula is C8H14N4O2S. The van der Waals surface area contributed by atoms with Crippen molar-refractivity contribution in [1.82, 2.24) is 19.8 Å². The number of nitrogens with one attached hydrogen (secondary N) is 2. The predicted octanol–water partition coefficient (Wildman–Crippen LogP) is -0.608. The Balaban J connectivity index is 2.22. The first-order chi connectivity index (χ1) is 7.10. The van der Waals surface area contributed by atoms with Crippen molar-refractivity contribution in [2.45, 2.75) is 18.0 Å². The number of nitrogens with zero attached hydrogens (tertiary/aromatic N) is 2. The Hall–Kier alpha value is -0.920. The Kier molecular flexibility index (Phi) is 2.76. The molecule has 0 radical (unpaired) electrons. The number of aromatic amines is 1. The first kappa shape index (κ1) is 10.6. The van der Waals surface area contributed by atoms with Gasteiger partial charge in [-0.3, -0.25) is 5.10 Å². The van der Waals surface area contributed by atoms with E-state index in [0.717, 1.165) is 0 Å². The zero-order valence-corrected chi connectivity index (χ0v) is 9.29. The van der Waals surface area contributed by atoms with Crippen LogP contribution in [-0.4, -0.2) is 48.6 Å². The van der Waals surface area contributed by atoms with Gasteiger partial charge in [0.05, 0.1) is 6.20 Å². The second-order valence-corrected chi connectivity index (χ2v) is 5.55. The van der Waals surface area contributed by atoms with E-state index in [0.29, 0.717) is 19.6 Å². The maximum absolute atomic E-state index is 12.0. The maximum atomic E-state index is 12.0. The van der Waals surface area contributed by atoms with E-state index in [-0.39, 0.29) is 11.1 Å². The van der Waals surface area contributed by atoms with Crippen molar-refractivity contribution in [2.75, 3.05) is 19.6 Å². The largest absolute Gasteiger partial charge is 0.312 e. The average molecular weight is 230 g/mol. The van der Waals surface area contributed by atoms with Crippen molar-refractivity contribution in [2.24, 2.45) is 0 Å². The Morgan fingerprint density at radius 2 is 2.40 bits per heavy atom. The summed E-state index contributed by atoms with van der Waals surface area (Å²) >= 11 is 0. The number of hydrogen-bond acceptors (Lipinski definition) is 4. The highest BCUT2D eigenvalue weighted by molar-refractivity contribution is 7.89. The minimum absolute atomic E-state index is 0.164. The molecular weight excluding hydrogens is 216 g/mol. The van der Waals surface area contributed by atoms with Gasteiger partial charge in [-0.05, 0) is 13.0 Å². The molecule has 0 aromatic carbocycles. The van der Waals surface area contributed by atoms with Crippen molar-refractivity contribution in [1.29, 1.82) is 0 Å². The van der Waals surface area contributed by atoms with E-state index in [4.69, 9.17) is 0 Å². The summed E-state index contributed by atoms with van der Waals surface area (Å²) in [5, 5.41) is 9.51. The molecule has 15 heavy (non-hydrogen) atoms. The molecule has 2 heterocycles. The van der Waals surface area contributed by atoms with E-state index in [9.17, 15) is 8.42 Å². The Morgan fingerprint density at radius 1 is 1.60 bits per heavy atom. The van der Waals surface area contributed by atoms with Gasteiger partial charge in [-0.25, -0.2) is 8.42 Å². The fourth-order valence-electron chi connectivity index (χ4n) is 1.64. The zero-order valence-electron chi connectivity index (χ0n) is 8.47. The normalized spacial score (nSPS) is 24.2. The molecule has 7 heteroatoms. The molecule has 0 spiro atoms. The van der Waals surface area contributed by atoms with Crippen LogP contribution in [0.1, 0.15) is 6.92 Å². The molecule has 1 aliphatic rings. The lowest BCUT2D eigenvalue weighted by Crippen LogP contribution is -2.51. The zero-order chi connectivity index (χ0) is 10.9. The summed E-state index contributed by atoms with van der Waals surface area (Å²) in [7, 11) is -3.38. The molecule has 1 aliphatic heterocycles. The summed E-state index contributed by atoms with van der Waals surface area (Å²) in [6, 6.07) is 1.67. The number of rotatable bonds is 2. The fourth-order valence-corrected chi connectivity index (χ4v) is 3.07. The summed E-state index contributed by atoms with van der Waals surface area (Å²) in [4.78, 5) is 0. The van der Waals surface area contributed by atoms with Crippen molar-refractivity contribution in [3.05, 3.63) is 12.3 Å². The molecule has 0 bridgehead atoms. The van der Waals surface area contributed by atoms with Gasteiger partial charge >= 0.3 is 0 Å². The second kappa shape index (κ2) is 3.92. The van der Waals surface area contributed by atoms with Crippen molar-refractivity contribution in [3.8, 4) is 0 Å². The van der Waals surface area contributed by atoms with E-state index < -0.39 is 10.0 Å². The van der Waals surface area contributed by atoms with Crippen LogP contribution in [0.25, 0.3) is 0 Å². The average Bonchev–Trinajstić information content (AvgIpc) is 2.71. The Labute approximate surface area is 88.7 Å². The van der Waals surface area contributed by atoms with Crippen LogP contribution in [0.2, 0.25) is 0 Å². The van der Waals surface area contributed by atoms with Crippen LogP contribution in [0.15, 0.2) is 17.3 Å². The molecule has 0 amide bonds. The minimum atomic E-state index is -3.38. The Bertz CT molecular complexity index is 414. The molecule has 0 aliphatic carbocycles. The highest BCUT2D eigenvalue weighted by atomic mass is 32.2. The summed E-state index contributed by atoms with van der Waals surface area (Å²) in [6.45, 7) is 3.66. The Morgan fingerprint density at radius 3 is 3.00 bits per heavy atom. The molecule has 0 unspecified atom stereocenters. The molecule has 1 saturated heterocycles. The summed E-state index contributed by atoms with van der Waals surface area (Å²) < 4.78 is 25.5. The smallest absolute Gasteiger partial charge is 0.260 e. The number of sulfonamides is 1. The van der Waals surface area contributed by atoms with Crippen LogP contribution in [0, 0.1) is 0 Å². The number of H-pyrrole nitrogens is 1. The van der Waals surface area contributed by atoms with Crippen molar-refractivity contribution in [3.63, 3.8) is 0 Å². The third kappa shape index (κ3) is 2.04. The minimum Gasteiger partial charge on any atom is -0.312 e. The van der Waals surface area contributed by atoms with Crippen LogP contribution in [-0.2, 0) is 10.0 Å². The van der Waals surface area contributed by atoms with Gasteiger partial charge in [-0.2, -0.15) is 9.40 Å². The molecule has 1 aromatic heterocycles. The molecule has 84 valence electrons. The van der Waals surface area contributed by atoms with E-state index in [1.165, 1.54) is 16.6 Å². The quantitative estimate of drug-likeness (QED) is 0.710. The van der Waals surface area contributed by atoms with Crippen LogP contribution in [0.3, 0.4) is 0 Å². The number of aromatic nitrogens is 2. The molecule has 0 saturated carbocycles. The van der Waals surface area contributed by atoms with Crippen LogP contribution < -0.4 is 5.32 Å². The maximum Gasteiger partial charge on any atom is 0.260 e. The van der Waals surface area contributed by atoms with Gasteiger partial charge in [-0.1, -0.05) is 0 Å². The van der Waals surface area contributed by atoms with E-state index in [2.05, 4.69) is 15.5 Å². The standard InChI is InChI=1S/C8H14N4O2S/c1-7-6-12(5-4-9-7)15(13,14)8-2-3-10-11-8/h2-3,7,9H,4-6H2,1H3,(H,10,11)/t7-/m1/s1. The lowest BCUT2D eigenvalue weighted by molar-refractivity contribution is 0.309. The molecule has 2 N–H and O–H groups in total. The molecule has 1 aromatic rings. The third-order valence-corrected chi connectivity index (χ3v) is 4.22. The predicted molar refractivity (Wildman–Crippen MR) is 54.8 cm³/mol. The van der Waals surface area contributed by atoms with Crippen LogP contribution in [0.5, 0.6) is 0 Å². The highest BCUT2D eigenvalue weighted by Gasteiger charge is 2.29. The van der Waals surface area contributed by atoms with E-state index in [1.807, 2.05) is 6.92 Å². The van der Waals surface area contributed by atoms with Gasteiger partial charge in [0.2, 0.25) is 0 Å². The van der Waals surface area contributed by atoms with Crippen molar-refractivity contribution < 1.29 is 8.42 Å². The molecule has 1 atom stereocenters. The van der Waals surface area contributed by atoms with Gasteiger partial charge in [0, 0.05) is 25.7 Å². The second-order valence-electron chi connectivity index (χ2n) is 3.64. The SMILES string of the molecule is C[C@@H]1CN(S(=O)(=O)c2ccn[nH]2)CCN1. The summed E-state index contributed by atoms with van der Waals surface area (Å²) in [5.41, 5.74) is 0. The van der Waals surface area contributed by atoms with Gasteiger partial charge in [0.1, 0.15) is 0 Å². The summed E-state index contributed by atoms with van der Waals surface area (Å²) in [6.07, 6.45) is 1.44.